The molecule has 0 bridgehead atoms. The van der Waals surface area contributed by atoms with Gasteiger partial charge in [0.05, 0.1) is 6.20 Å². The SMILES string of the molecule is Cn1c(Cl)cnc1Oc1cccc(O)c1. The normalized spacial score (nSPS) is 10.3. The highest BCUT2D eigenvalue weighted by Gasteiger charge is 2.06. The fourth-order valence-corrected chi connectivity index (χ4v) is 1.24. The average Bonchev–Trinajstić information content (AvgIpc) is 2.50. The molecule has 0 saturated heterocycles. The molecule has 1 heterocycles. The van der Waals surface area contributed by atoms with E-state index in [1.54, 1.807) is 29.8 Å². The van der Waals surface area contributed by atoms with Crippen molar-refractivity contribution in [1.82, 2.24) is 9.55 Å². The smallest absolute Gasteiger partial charge is 0.302 e. The maximum Gasteiger partial charge on any atom is 0.302 e. The minimum absolute atomic E-state index is 0.146. The molecule has 5 heteroatoms. The number of aromatic nitrogens is 2. The fourth-order valence-electron chi connectivity index (χ4n) is 1.12. The molecule has 0 radical (unpaired) electrons. The first-order valence-electron chi connectivity index (χ1n) is 4.31. The number of aromatic hydroxyl groups is 1. The molecule has 0 aliphatic rings. The molecule has 15 heavy (non-hydrogen) atoms. The summed E-state index contributed by atoms with van der Waals surface area (Å²) < 4.78 is 7.02. The average molecular weight is 225 g/mol. The van der Waals surface area contributed by atoms with E-state index in [1.807, 2.05) is 0 Å². The highest BCUT2D eigenvalue weighted by molar-refractivity contribution is 6.29. The molecule has 2 rings (SSSR count). The molecule has 0 amide bonds. The predicted molar refractivity (Wildman–Crippen MR) is 56.4 cm³/mol. The number of imidazole rings is 1. The Labute approximate surface area is 91.7 Å². The summed E-state index contributed by atoms with van der Waals surface area (Å²) >= 11 is 5.80. The van der Waals surface area contributed by atoms with Gasteiger partial charge in [0.1, 0.15) is 16.7 Å². The molecule has 1 aromatic heterocycles. The molecule has 0 aliphatic heterocycles. The van der Waals surface area contributed by atoms with Crippen molar-refractivity contribution in [3.05, 3.63) is 35.6 Å². The second-order valence-corrected chi connectivity index (χ2v) is 3.41. The number of rotatable bonds is 2. The van der Waals surface area contributed by atoms with Gasteiger partial charge >= 0.3 is 6.01 Å². The van der Waals surface area contributed by atoms with Crippen molar-refractivity contribution in [2.75, 3.05) is 0 Å². The summed E-state index contributed by atoms with van der Waals surface area (Å²) in [5.41, 5.74) is 0. The molecule has 1 aromatic carbocycles. The number of phenols is 1. The number of phenolic OH excluding ortho intramolecular Hbond substituents is 1. The van der Waals surface area contributed by atoms with Crippen molar-refractivity contribution >= 4 is 11.6 Å². The van der Waals surface area contributed by atoms with Gasteiger partial charge in [-0.05, 0) is 12.1 Å². The van der Waals surface area contributed by atoms with Crippen molar-refractivity contribution in [1.29, 1.82) is 0 Å². The molecule has 0 spiro atoms. The van der Waals surface area contributed by atoms with E-state index in [0.29, 0.717) is 16.9 Å². The number of ether oxygens (including phenoxy) is 1. The third-order valence-electron chi connectivity index (χ3n) is 1.92. The van der Waals surface area contributed by atoms with Crippen LogP contribution in [0.25, 0.3) is 0 Å². The standard InChI is InChI=1S/C10H9ClN2O2/c1-13-9(11)6-12-10(13)15-8-4-2-3-7(14)5-8/h2-6,14H,1H3. The van der Waals surface area contributed by atoms with E-state index in [9.17, 15) is 5.11 Å². The van der Waals surface area contributed by atoms with E-state index in [0.717, 1.165) is 0 Å². The van der Waals surface area contributed by atoms with Crippen molar-refractivity contribution in [2.24, 2.45) is 7.05 Å². The lowest BCUT2D eigenvalue weighted by Gasteiger charge is -2.05. The van der Waals surface area contributed by atoms with Gasteiger partial charge in [0.15, 0.2) is 0 Å². The first-order chi connectivity index (χ1) is 7.16. The quantitative estimate of drug-likeness (QED) is 0.853. The van der Waals surface area contributed by atoms with E-state index < -0.39 is 0 Å². The Kier molecular flexibility index (Phi) is 2.51. The number of halogens is 1. The van der Waals surface area contributed by atoms with Crippen LogP contribution in [0.2, 0.25) is 5.15 Å². The van der Waals surface area contributed by atoms with Gasteiger partial charge in [-0.25, -0.2) is 4.98 Å². The summed E-state index contributed by atoms with van der Waals surface area (Å²) in [4.78, 5) is 3.97. The molecule has 0 atom stereocenters. The Balaban J connectivity index is 2.26. The zero-order valence-corrected chi connectivity index (χ0v) is 8.77. The second kappa shape index (κ2) is 3.82. The third kappa shape index (κ3) is 2.05. The first-order valence-corrected chi connectivity index (χ1v) is 4.69. The Bertz CT molecular complexity index is 482. The lowest BCUT2D eigenvalue weighted by Crippen LogP contribution is -1.94. The topological polar surface area (TPSA) is 47.3 Å². The van der Waals surface area contributed by atoms with Crippen LogP contribution in [0.4, 0.5) is 0 Å². The molecule has 0 saturated carbocycles. The molecule has 0 aliphatic carbocycles. The minimum atomic E-state index is 0.146. The third-order valence-corrected chi connectivity index (χ3v) is 2.27. The van der Waals surface area contributed by atoms with Crippen molar-refractivity contribution in [3.8, 4) is 17.5 Å². The van der Waals surface area contributed by atoms with E-state index in [-0.39, 0.29) is 5.75 Å². The molecule has 78 valence electrons. The Morgan fingerprint density at radius 1 is 1.47 bits per heavy atom. The first kappa shape index (κ1) is 9.86. The number of benzene rings is 1. The Morgan fingerprint density at radius 2 is 2.27 bits per heavy atom. The van der Waals surface area contributed by atoms with E-state index in [2.05, 4.69) is 4.98 Å². The Morgan fingerprint density at radius 3 is 2.87 bits per heavy atom. The summed E-state index contributed by atoms with van der Waals surface area (Å²) in [6.45, 7) is 0. The van der Waals surface area contributed by atoms with E-state index >= 15 is 0 Å². The zero-order valence-electron chi connectivity index (χ0n) is 8.01. The van der Waals surface area contributed by atoms with Gasteiger partial charge in [0.25, 0.3) is 0 Å². The van der Waals surface area contributed by atoms with Crippen LogP contribution in [0.1, 0.15) is 0 Å². The number of hydrogen-bond acceptors (Lipinski definition) is 3. The van der Waals surface area contributed by atoms with Crippen LogP contribution in [-0.2, 0) is 7.05 Å². The van der Waals surface area contributed by atoms with Gasteiger partial charge in [-0.2, -0.15) is 0 Å². The molecular weight excluding hydrogens is 216 g/mol. The summed E-state index contributed by atoms with van der Waals surface area (Å²) in [6.07, 6.45) is 1.50. The molecule has 0 fully saturated rings. The highest BCUT2D eigenvalue weighted by atomic mass is 35.5. The fraction of sp³-hybridized carbons (Fsp3) is 0.100. The zero-order chi connectivity index (χ0) is 10.8. The molecule has 0 unspecified atom stereocenters. The minimum Gasteiger partial charge on any atom is -0.508 e. The maximum atomic E-state index is 9.23. The predicted octanol–water partition coefficient (Wildman–Crippen LogP) is 2.57. The van der Waals surface area contributed by atoms with Crippen LogP contribution in [0.15, 0.2) is 30.5 Å². The molecule has 4 nitrogen and oxygen atoms in total. The van der Waals surface area contributed by atoms with Crippen LogP contribution in [0.5, 0.6) is 17.5 Å². The molecular formula is C10H9ClN2O2. The summed E-state index contributed by atoms with van der Waals surface area (Å²) in [7, 11) is 1.74. The van der Waals surface area contributed by atoms with Crippen molar-refractivity contribution in [3.63, 3.8) is 0 Å². The van der Waals surface area contributed by atoms with Crippen LogP contribution in [0.3, 0.4) is 0 Å². The van der Waals surface area contributed by atoms with Crippen LogP contribution < -0.4 is 4.74 Å². The lowest BCUT2D eigenvalue weighted by molar-refractivity contribution is 0.417. The summed E-state index contributed by atoms with van der Waals surface area (Å²) in [5.74, 6) is 0.660. The molecule has 2 aromatic rings. The van der Waals surface area contributed by atoms with Gasteiger partial charge < -0.3 is 9.84 Å². The number of nitrogens with zero attached hydrogens (tertiary/aromatic N) is 2. The second-order valence-electron chi connectivity index (χ2n) is 3.02. The van der Waals surface area contributed by atoms with Crippen molar-refractivity contribution < 1.29 is 9.84 Å². The van der Waals surface area contributed by atoms with Crippen molar-refractivity contribution in [2.45, 2.75) is 0 Å². The van der Waals surface area contributed by atoms with E-state index in [1.165, 1.54) is 12.3 Å². The Hall–Kier alpha value is -1.68. The van der Waals surface area contributed by atoms with Gasteiger partial charge in [0, 0.05) is 13.1 Å². The van der Waals surface area contributed by atoms with Crippen LogP contribution >= 0.6 is 11.6 Å². The maximum absolute atomic E-state index is 9.23. The van der Waals surface area contributed by atoms with Crippen LogP contribution in [0, 0.1) is 0 Å². The number of hydrogen-bond donors (Lipinski definition) is 1. The largest absolute Gasteiger partial charge is 0.508 e. The molecule has 1 N–H and O–H groups in total. The van der Waals surface area contributed by atoms with Gasteiger partial charge in [-0.1, -0.05) is 17.7 Å². The van der Waals surface area contributed by atoms with Gasteiger partial charge in [0.2, 0.25) is 0 Å². The highest BCUT2D eigenvalue weighted by Crippen LogP contribution is 2.24. The lowest BCUT2D eigenvalue weighted by atomic mass is 10.3. The summed E-state index contributed by atoms with van der Waals surface area (Å²) in [6, 6.07) is 6.86. The van der Waals surface area contributed by atoms with Gasteiger partial charge in [-0.15, -0.1) is 0 Å². The van der Waals surface area contributed by atoms with E-state index in [4.69, 9.17) is 16.3 Å². The summed E-state index contributed by atoms with van der Waals surface area (Å²) in [5, 5.41) is 9.72. The van der Waals surface area contributed by atoms with Gasteiger partial charge in [-0.3, -0.25) is 4.57 Å². The monoisotopic (exact) mass is 224 g/mol. The van der Waals surface area contributed by atoms with Crippen LogP contribution in [-0.4, -0.2) is 14.7 Å².